The van der Waals surface area contributed by atoms with Crippen LogP contribution in [0.15, 0.2) is 12.1 Å². The van der Waals surface area contributed by atoms with Crippen LogP contribution in [0, 0.1) is 28.9 Å². The monoisotopic (exact) mass is 268 g/mol. The van der Waals surface area contributed by atoms with Crippen LogP contribution in [0.2, 0.25) is 0 Å². The highest BCUT2D eigenvalue weighted by atomic mass is 19.1. The van der Waals surface area contributed by atoms with Crippen molar-refractivity contribution < 1.29 is 13.5 Å². The highest BCUT2D eigenvalue weighted by molar-refractivity contribution is 5.51. The number of ether oxygens (including phenoxy) is 1. The number of anilines is 1. The van der Waals surface area contributed by atoms with E-state index in [1.165, 1.54) is 0 Å². The maximum absolute atomic E-state index is 13.7. The molecule has 19 heavy (non-hydrogen) atoms. The Labute approximate surface area is 112 Å². The molecule has 0 aliphatic rings. The Hall–Kier alpha value is -1.67. The van der Waals surface area contributed by atoms with E-state index in [1.807, 2.05) is 20.8 Å². The third kappa shape index (κ3) is 4.18. The second-order valence-corrected chi connectivity index (χ2v) is 4.58. The fourth-order valence-electron chi connectivity index (χ4n) is 1.61. The predicted octanol–water partition coefficient (Wildman–Crippen LogP) is 3.31. The molecule has 0 aliphatic heterocycles. The van der Waals surface area contributed by atoms with Crippen molar-refractivity contribution in [3.63, 3.8) is 0 Å². The van der Waals surface area contributed by atoms with E-state index in [0.717, 1.165) is 12.1 Å². The number of benzene rings is 1. The fourth-order valence-corrected chi connectivity index (χ4v) is 1.61. The zero-order valence-electron chi connectivity index (χ0n) is 11.3. The van der Waals surface area contributed by atoms with Crippen molar-refractivity contribution in [1.29, 1.82) is 5.26 Å². The van der Waals surface area contributed by atoms with E-state index in [-0.39, 0.29) is 23.2 Å². The topological polar surface area (TPSA) is 45.0 Å². The Morgan fingerprint density at radius 1 is 1.32 bits per heavy atom. The van der Waals surface area contributed by atoms with Crippen LogP contribution in [-0.2, 0) is 4.74 Å². The van der Waals surface area contributed by atoms with Crippen molar-refractivity contribution >= 4 is 5.69 Å². The molecule has 0 fully saturated rings. The van der Waals surface area contributed by atoms with Gasteiger partial charge in [0, 0.05) is 6.61 Å². The lowest BCUT2D eigenvalue weighted by atomic mass is 10.0. The van der Waals surface area contributed by atoms with Gasteiger partial charge in [-0.05, 0) is 25.0 Å². The van der Waals surface area contributed by atoms with E-state index in [4.69, 9.17) is 10.00 Å². The Bertz CT molecular complexity index is 446. The third-order valence-electron chi connectivity index (χ3n) is 2.81. The van der Waals surface area contributed by atoms with Gasteiger partial charge in [-0.25, -0.2) is 8.78 Å². The van der Waals surface area contributed by atoms with Gasteiger partial charge < -0.3 is 10.1 Å². The Morgan fingerprint density at radius 2 is 1.89 bits per heavy atom. The number of hydrogen-bond donors (Lipinski definition) is 1. The summed E-state index contributed by atoms with van der Waals surface area (Å²) in [5.74, 6) is -1.38. The lowest BCUT2D eigenvalue weighted by Gasteiger charge is -2.23. The summed E-state index contributed by atoms with van der Waals surface area (Å²) in [4.78, 5) is 0. The van der Waals surface area contributed by atoms with Crippen molar-refractivity contribution in [3.05, 3.63) is 29.3 Å². The Morgan fingerprint density at radius 3 is 2.32 bits per heavy atom. The Kier molecular flexibility index (Phi) is 5.71. The van der Waals surface area contributed by atoms with Crippen LogP contribution in [0.4, 0.5) is 14.5 Å². The summed E-state index contributed by atoms with van der Waals surface area (Å²) in [5.41, 5.74) is -0.246. The SMILES string of the molecule is CCOCC(Nc1c(F)cc(C#N)cc1F)C(C)C. The minimum absolute atomic E-state index is 0.0357. The van der Waals surface area contributed by atoms with Gasteiger partial charge in [0.1, 0.15) is 5.69 Å². The first-order chi connectivity index (χ1) is 8.99. The molecule has 0 saturated carbocycles. The lowest BCUT2D eigenvalue weighted by Crippen LogP contribution is -2.31. The molecule has 0 saturated heterocycles. The second kappa shape index (κ2) is 7.05. The van der Waals surface area contributed by atoms with E-state index in [0.29, 0.717) is 13.2 Å². The normalized spacial score (nSPS) is 12.3. The van der Waals surface area contributed by atoms with Gasteiger partial charge in [-0.1, -0.05) is 13.8 Å². The first-order valence-electron chi connectivity index (χ1n) is 6.23. The molecule has 1 rings (SSSR count). The van der Waals surface area contributed by atoms with Gasteiger partial charge in [-0.15, -0.1) is 0 Å². The standard InChI is InChI=1S/C14H18F2N2O/c1-4-19-8-13(9(2)3)18-14-11(15)5-10(7-17)6-12(14)16/h5-6,9,13,18H,4,8H2,1-3H3. The van der Waals surface area contributed by atoms with Crippen LogP contribution in [0.3, 0.4) is 0 Å². The minimum atomic E-state index is -0.765. The number of hydrogen-bond acceptors (Lipinski definition) is 3. The molecule has 1 atom stereocenters. The van der Waals surface area contributed by atoms with Gasteiger partial charge in [0.05, 0.1) is 24.3 Å². The zero-order chi connectivity index (χ0) is 14.4. The van der Waals surface area contributed by atoms with Gasteiger partial charge >= 0.3 is 0 Å². The largest absolute Gasteiger partial charge is 0.380 e. The number of nitrogens with zero attached hydrogens (tertiary/aromatic N) is 1. The van der Waals surface area contributed by atoms with Crippen molar-refractivity contribution in [3.8, 4) is 6.07 Å². The summed E-state index contributed by atoms with van der Waals surface area (Å²) in [6, 6.07) is 3.55. The summed E-state index contributed by atoms with van der Waals surface area (Å²) >= 11 is 0. The van der Waals surface area contributed by atoms with Crippen LogP contribution in [0.1, 0.15) is 26.3 Å². The molecule has 3 nitrogen and oxygen atoms in total. The highest BCUT2D eigenvalue weighted by Crippen LogP contribution is 2.23. The van der Waals surface area contributed by atoms with E-state index in [9.17, 15) is 8.78 Å². The van der Waals surface area contributed by atoms with Gasteiger partial charge in [-0.3, -0.25) is 0 Å². The average Bonchev–Trinajstić information content (AvgIpc) is 2.36. The molecule has 104 valence electrons. The van der Waals surface area contributed by atoms with Crippen molar-refractivity contribution in [1.82, 2.24) is 0 Å². The third-order valence-corrected chi connectivity index (χ3v) is 2.81. The molecule has 0 aromatic heterocycles. The first-order valence-corrected chi connectivity index (χ1v) is 6.23. The van der Waals surface area contributed by atoms with E-state index >= 15 is 0 Å². The molecule has 1 aromatic rings. The fraction of sp³-hybridized carbons (Fsp3) is 0.500. The van der Waals surface area contributed by atoms with Gasteiger partial charge in [0.25, 0.3) is 0 Å². The molecule has 0 amide bonds. The molecular weight excluding hydrogens is 250 g/mol. The molecule has 0 spiro atoms. The van der Waals surface area contributed by atoms with Gasteiger partial charge in [0.2, 0.25) is 0 Å². The lowest BCUT2D eigenvalue weighted by molar-refractivity contribution is 0.126. The van der Waals surface area contributed by atoms with Gasteiger partial charge in [0.15, 0.2) is 11.6 Å². The smallest absolute Gasteiger partial charge is 0.150 e. The molecule has 0 radical (unpaired) electrons. The van der Waals surface area contributed by atoms with Crippen molar-refractivity contribution in [2.75, 3.05) is 18.5 Å². The highest BCUT2D eigenvalue weighted by Gasteiger charge is 2.18. The van der Waals surface area contributed by atoms with Crippen molar-refractivity contribution in [2.45, 2.75) is 26.8 Å². The van der Waals surface area contributed by atoms with E-state index < -0.39 is 11.6 Å². The van der Waals surface area contributed by atoms with Crippen LogP contribution in [-0.4, -0.2) is 19.3 Å². The molecule has 0 aliphatic carbocycles. The number of nitrogens with one attached hydrogen (secondary N) is 1. The molecule has 5 heteroatoms. The zero-order valence-corrected chi connectivity index (χ0v) is 11.3. The maximum atomic E-state index is 13.7. The van der Waals surface area contributed by atoms with Crippen LogP contribution in [0.5, 0.6) is 0 Å². The minimum Gasteiger partial charge on any atom is -0.380 e. The number of rotatable bonds is 6. The molecule has 0 heterocycles. The van der Waals surface area contributed by atoms with Crippen LogP contribution >= 0.6 is 0 Å². The van der Waals surface area contributed by atoms with Gasteiger partial charge in [-0.2, -0.15) is 5.26 Å². The summed E-state index contributed by atoms with van der Waals surface area (Å²) in [6.07, 6.45) is 0. The summed E-state index contributed by atoms with van der Waals surface area (Å²) in [5, 5.41) is 11.5. The second-order valence-electron chi connectivity index (χ2n) is 4.58. The molecule has 1 aromatic carbocycles. The summed E-state index contributed by atoms with van der Waals surface area (Å²) < 4.78 is 32.8. The first kappa shape index (κ1) is 15.4. The summed E-state index contributed by atoms with van der Waals surface area (Å²) in [6.45, 7) is 6.66. The predicted molar refractivity (Wildman–Crippen MR) is 69.8 cm³/mol. The maximum Gasteiger partial charge on any atom is 0.150 e. The molecule has 1 unspecified atom stereocenters. The molecular formula is C14H18F2N2O. The van der Waals surface area contributed by atoms with Crippen LogP contribution < -0.4 is 5.32 Å². The average molecular weight is 268 g/mol. The van der Waals surface area contributed by atoms with E-state index in [2.05, 4.69) is 5.32 Å². The quantitative estimate of drug-likeness (QED) is 0.861. The molecule has 1 N–H and O–H groups in total. The number of nitriles is 1. The Balaban J connectivity index is 2.93. The molecule has 0 bridgehead atoms. The number of halogens is 2. The van der Waals surface area contributed by atoms with Crippen molar-refractivity contribution in [2.24, 2.45) is 5.92 Å². The summed E-state index contributed by atoms with van der Waals surface area (Å²) in [7, 11) is 0. The van der Waals surface area contributed by atoms with Crippen LogP contribution in [0.25, 0.3) is 0 Å². The van der Waals surface area contributed by atoms with E-state index in [1.54, 1.807) is 6.07 Å².